The van der Waals surface area contributed by atoms with Crippen LogP contribution in [0.15, 0.2) is 24.3 Å². The van der Waals surface area contributed by atoms with Crippen LogP contribution in [-0.2, 0) is 9.59 Å². The van der Waals surface area contributed by atoms with Gasteiger partial charge in [0.1, 0.15) is 11.6 Å². The minimum absolute atomic E-state index is 0.0799. The summed E-state index contributed by atoms with van der Waals surface area (Å²) in [6, 6.07) is 7.21. The number of anilines is 2. The SMILES string of the molecule is NC(=O)COc1ccc(C2CC(=O)Nc3nc(N)sc32)cc1. The third-order valence-electron chi connectivity index (χ3n) is 3.30. The number of nitrogens with two attached hydrogens (primary N) is 2. The van der Waals surface area contributed by atoms with Crippen LogP contribution in [0, 0.1) is 0 Å². The maximum atomic E-state index is 11.8. The van der Waals surface area contributed by atoms with Crippen LogP contribution in [0.4, 0.5) is 10.9 Å². The predicted octanol–water partition coefficient (Wildman–Crippen LogP) is 1.06. The molecule has 3 rings (SSSR count). The van der Waals surface area contributed by atoms with Gasteiger partial charge in [-0.05, 0) is 17.7 Å². The van der Waals surface area contributed by atoms with Crippen LogP contribution in [-0.4, -0.2) is 23.4 Å². The number of nitrogens with one attached hydrogen (secondary N) is 1. The number of carbonyl (C=O) groups is 2. The lowest BCUT2D eigenvalue weighted by Gasteiger charge is -2.21. The molecule has 0 spiro atoms. The molecular formula is C14H14N4O3S. The molecule has 1 aliphatic rings. The van der Waals surface area contributed by atoms with Crippen LogP contribution >= 0.6 is 11.3 Å². The van der Waals surface area contributed by atoms with E-state index >= 15 is 0 Å². The Morgan fingerprint density at radius 1 is 1.41 bits per heavy atom. The van der Waals surface area contributed by atoms with Gasteiger partial charge in [-0.3, -0.25) is 9.59 Å². The standard InChI is InChI=1S/C14H14N4O3S/c15-10(19)6-21-8-3-1-7(2-4-8)9-5-11(20)17-13-12(9)22-14(16)18-13/h1-4,9H,5-6H2,(H2,15,19)(H2,16,18)(H,17,20). The lowest BCUT2D eigenvalue weighted by atomic mass is 9.91. The molecule has 1 atom stereocenters. The third kappa shape index (κ3) is 2.86. The highest BCUT2D eigenvalue weighted by Gasteiger charge is 2.29. The summed E-state index contributed by atoms with van der Waals surface area (Å²) in [7, 11) is 0. The van der Waals surface area contributed by atoms with Gasteiger partial charge in [-0.2, -0.15) is 0 Å². The normalized spacial score (nSPS) is 16.7. The summed E-state index contributed by atoms with van der Waals surface area (Å²) >= 11 is 1.37. The number of carbonyl (C=O) groups excluding carboxylic acids is 2. The summed E-state index contributed by atoms with van der Waals surface area (Å²) in [5.74, 6) is 0.392. The molecule has 0 radical (unpaired) electrons. The third-order valence-corrected chi connectivity index (χ3v) is 4.30. The van der Waals surface area contributed by atoms with E-state index in [1.165, 1.54) is 11.3 Å². The highest BCUT2D eigenvalue weighted by atomic mass is 32.1. The highest BCUT2D eigenvalue weighted by molar-refractivity contribution is 7.16. The molecule has 1 aliphatic heterocycles. The second-order valence-electron chi connectivity index (χ2n) is 4.89. The molecule has 1 unspecified atom stereocenters. The van der Waals surface area contributed by atoms with Crippen LogP contribution < -0.4 is 21.5 Å². The first kappa shape index (κ1) is 14.3. The molecule has 114 valence electrons. The zero-order valence-electron chi connectivity index (χ0n) is 11.5. The van der Waals surface area contributed by atoms with Gasteiger partial charge in [0, 0.05) is 12.3 Å². The van der Waals surface area contributed by atoms with Gasteiger partial charge in [-0.25, -0.2) is 4.98 Å². The number of benzene rings is 1. The zero-order valence-corrected chi connectivity index (χ0v) is 12.4. The summed E-state index contributed by atoms with van der Waals surface area (Å²) in [5, 5.41) is 3.16. The molecule has 0 saturated heterocycles. The zero-order chi connectivity index (χ0) is 15.7. The second-order valence-corrected chi connectivity index (χ2v) is 5.96. The van der Waals surface area contributed by atoms with Crippen molar-refractivity contribution in [2.45, 2.75) is 12.3 Å². The Morgan fingerprint density at radius 2 is 2.14 bits per heavy atom. The first-order valence-corrected chi connectivity index (χ1v) is 7.41. The smallest absolute Gasteiger partial charge is 0.255 e. The van der Waals surface area contributed by atoms with E-state index in [0.717, 1.165) is 10.4 Å². The molecule has 8 heteroatoms. The fourth-order valence-electron chi connectivity index (χ4n) is 2.36. The van der Waals surface area contributed by atoms with Gasteiger partial charge < -0.3 is 21.5 Å². The van der Waals surface area contributed by atoms with E-state index in [0.29, 0.717) is 23.1 Å². The minimum atomic E-state index is -0.530. The summed E-state index contributed by atoms with van der Waals surface area (Å²) in [6.45, 7) is -0.166. The van der Waals surface area contributed by atoms with Gasteiger partial charge in [0.05, 0.1) is 4.88 Å². The molecule has 5 N–H and O–H groups in total. The number of rotatable bonds is 4. The number of nitrogen functional groups attached to an aromatic ring is 1. The number of primary amides is 1. The molecular weight excluding hydrogens is 304 g/mol. The fourth-order valence-corrected chi connectivity index (χ4v) is 3.27. The van der Waals surface area contributed by atoms with Gasteiger partial charge in [-0.15, -0.1) is 0 Å². The number of hydrogen-bond donors (Lipinski definition) is 3. The molecule has 22 heavy (non-hydrogen) atoms. The Balaban J connectivity index is 1.84. The van der Waals surface area contributed by atoms with Gasteiger partial charge in [0.25, 0.3) is 5.91 Å². The van der Waals surface area contributed by atoms with Gasteiger partial charge >= 0.3 is 0 Å². The summed E-state index contributed by atoms with van der Waals surface area (Å²) in [5.41, 5.74) is 11.7. The van der Waals surface area contributed by atoms with Crippen molar-refractivity contribution in [2.24, 2.45) is 5.73 Å². The fraction of sp³-hybridized carbons (Fsp3) is 0.214. The molecule has 7 nitrogen and oxygen atoms in total. The Kier molecular flexibility index (Phi) is 3.68. The van der Waals surface area contributed by atoms with Crippen molar-refractivity contribution < 1.29 is 14.3 Å². The number of thiazole rings is 1. The Bertz CT molecular complexity index is 726. The van der Waals surface area contributed by atoms with Crippen LogP contribution in [0.3, 0.4) is 0 Å². The topological polar surface area (TPSA) is 120 Å². The second kappa shape index (κ2) is 5.64. The lowest BCUT2D eigenvalue weighted by Crippen LogP contribution is -2.22. The van der Waals surface area contributed by atoms with E-state index in [9.17, 15) is 9.59 Å². The van der Waals surface area contributed by atoms with E-state index in [4.69, 9.17) is 16.2 Å². The van der Waals surface area contributed by atoms with Crippen LogP contribution in [0.25, 0.3) is 0 Å². The summed E-state index contributed by atoms with van der Waals surface area (Å²) in [6.07, 6.45) is 0.343. The van der Waals surface area contributed by atoms with Crippen molar-refractivity contribution in [3.8, 4) is 5.75 Å². The van der Waals surface area contributed by atoms with E-state index < -0.39 is 5.91 Å². The largest absolute Gasteiger partial charge is 0.484 e. The van der Waals surface area contributed by atoms with E-state index in [2.05, 4.69) is 10.3 Å². The molecule has 2 amide bonds. The average molecular weight is 318 g/mol. The van der Waals surface area contributed by atoms with Crippen LogP contribution in [0.2, 0.25) is 0 Å². The number of aromatic nitrogens is 1. The molecule has 2 heterocycles. The quantitative estimate of drug-likeness (QED) is 0.778. The maximum Gasteiger partial charge on any atom is 0.255 e. The van der Waals surface area contributed by atoms with Gasteiger partial charge in [-0.1, -0.05) is 23.5 Å². The minimum Gasteiger partial charge on any atom is -0.484 e. The van der Waals surface area contributed by atoms with Crippen molar-refractivity contribution in [3.05, 3.63) is 34.7 Å². The molecule has 1 aromatic carbocycles. The summed E-state index contributed by atoms with van der Waals surface area (Å²) < 4.78 is 5.22. The van der Waals surface area contributed by atoms with Crippen molar-refractivity contribution in [1.82, 2.24) is 4.98 Å². The van der Waals surface area contributed by atoms with Crippen molar-refractivity contribution >= 4 is 34.1 Å². The monoisotopic (exact) mass is 318 g/mol. The van der Waals surface area contributed by atoms with Crippen LogP contribution in [0.1, 0.15) is 22.8 Å². The molecule has 0 fully saturated rings. The number of ether oxygens (including phenoxy) is 1. The molecule has 0 saturated carbocycles. The molecule has 2 aromatic rings. The van der Waals surface area contributed by atoms with Crippen LogP contribution in [0.5, 0.6) is 5.75 Å². The van der Waals surface area contributed by atoms with Gasteiger partial charge in [0.2, 0.25) is 5.91 Å². The maximum absolute atomic E-state index is 11.8. The highest BCUT2D eigenvalue weighted by Crippen LogP contribution is 2.41. The van der Waals surface area contributed by atoms with E-state index in [-0.39, 0.29) is 18.4 Å². The number of hydrogen-bond acceptors (Lipinski definition) is 6. The molecule has 0 bridgehead atoms. The average Bonchev–Trinajstić information content (AvgIpc) is 2.85. The molecule has 1 aromatic heterocycles. The number of nitrogens with zero attached hydrogens (tertiary/aromatic N) is 1. The number of fused-ring (bicyclic) bond motifs is 1. The van der Waals surface area contributed by atoms with Crippen molar-refractivity contribution in [1.29, 1.82) is 0 Å². The van der Waals surface area contributed by atoms with Crippen molar-refractivity contribution in [2.75, 3.05) is 17.7 Å². The summed E-state index contributed by atoms with van der Waals surface area (Å²) in [4.78, 5) is 27.6. The van der Waals surface area contributed by atoms with Gasteiger partial charge in [0.15, 0.2) is 11.7 Å². The Morgan fingerprint density at radius 3 is 2.82 bits per heavy atom. The first-order chi connectivity index (χ1) is 10.5. The number of amides is 2. The van der Waals surface area contributed by atoms with Crippen molar-refractivity contribution in [3.63, 3.8) is 0 Å². The Hall–Kier alpha value is -2.61. The molecule has 0 aliphatic carbocycles. The van der Waals surface area contributed by atoms with E-state index in [1.807, 2.05) is 12.1 Å². The lowest BCUT2D eigenvalue weighted by molar-refractivity contribution is -0.120. The van der Waals surface area contributed by atoms with E-state index in [1.54, 1.807) is 12.1 Å². The first-order valence-electron chi connectivity index (χ1n) is 6.60. The predicted molar refractivity (Wildman–Crippen MR) is 82.7 cm³/mol. The Labute approximate surface area is 130 Å².